The summed E-state index contributed by atoms with van der Waals surface area (Å²) in [4.78, 5) is 21.1. The quantitative estimate of drug-likeness (QED) is 0.648. The van der Waals surface area contributed by atoms with Gasteiger partial charge in [0, 0.05) is 5.69 Å². The van der Waals surface area contributed by atoms with E-state index in [2.05, 4.69) is 4.74 Å². The number of esters is 1. The summed E-state index contributed by atoms with van der Waals surface area (Å²) in [6, 6.07) is 14.9. The molecule has 0 aliphatic heterocycles. The highest BCUT2D eigenvalue weighted by Gasteiger charge is 2.02. The topological polar surface area (TPSA) is 89.6 Å². The van der Waals surface area contributed by atoms with Gasteiger partial charge in [-0.3, -0.25) is 0 Å². The average molecular weight is 273 g/mol. The molecule has 2 aromatic rings. The minimum absolute atomic E-state index is 0.331. The molecular weight excluding hydrogens is 258 g/mol. The second kappa shape index (κ2) is 7.58. The number of nitrogens with two attached hydrogens (primary N) is 1. The Bertz CT molecular complexity index is 564. The second-order valence-electron chi connectivity index (χ2n) is 3.78. The fourth-order valence-electron chi connectivity index (χ4n) is 1.32. The van der Waals surface area contributed by atoms with Crippen molar-refractivity contribution in [3.63, 3.8) is 0 Å². The van der Waals surface area contributed by atoms with E-state index >= 15 is 0 Å². The molecule has 0 aliphatic carbocycles. The molecule has 0 spiro atoms. The van der Waals surface area contributed by atoms with Crippen LogP contribution in [0, 0.1) is 0 Å². The van der Waals surface area contributed by atoms with Crippen molar-refractivity contribution in [2.75, 3.05) is 12.8 Å². The van der Waals surface area contributed by atoms with Crippen molar-refractivity contribution in [2.45, 2.75) is 0 Å². The first-order chi connectivity index (χ1) is 9.54. The number of anilines is 1. The predicted molar refractivity (Wildman–Crippen MR) is 75.6 cm³/mol. The Hall–Kier alpha value is -2.82. The largest absolute Gasteiger partial charge is 0.478 e. The highest BCUT2D eigenvalue weighted by Crippen LogP contribution is 2.05. The molecule has 0 unspecified atom stereocenters. The number of nitrogen functional groups attached to an aromatic ring is 1. The number of ether oxygens (including phenoxy) is 1. The van der Waals surface area contributed by atoms with Crippen LogP contribution in [0.3, 0.4) is 0 Å². The molecule has 104 valence electrons. The van der Waals surface area contributed by atoms with E-state index in [1.807, 2.05) is 0 Å². The van der Waals surface area contributed by atoms with Crippen molar-refractivity contribution in [2.24, 2.45) is 0 Å². The van der Waals surface area contributed by atoms with E-state index in [1.54, 1.807) is 54.6 Å². The van der Waals surface area contributed by atoms with Gasteiger partial charge in [-0.2, -0.15) is 0 Å². The van der Waals surface area contributed by atoms with Crippen LogP contribution in [0.5, 0.6) is 0 Å². The summed E-state index contributed by atoms with van der Waals surface area (Å²) in [5.41, 5.74) is 6.90. The first kappa shape index (κ1) is 15.2. The summed E-state index contributed by atoms with van der Waals surface area (Å²) in [6.07, 6.45) is 0. The van der Waals surface area contributed by atoms with Crippen LogP contribution in [0.4, 0.5) is 5.69 Å². The number of hydrogen-bond donors (Lipinski definition) is 2. The molecule has 0 amide bonds. The zero-order valence-electron chi connectivity index (χ0n) is 10.9. The second-order valence-corrected chi connectivity index (χ2v) is 3.78. The smallest absolute Gasteiger partial charge is 0.337 e. The van der Waals surface area contributed by atoms with Gasteiger partial charge in [-0.25, -0.2) is 9.59 Å². The van der Waals surface area contributed by atoms with Gasteiger partial charge in [0.05, 0.1) is 18.2 Å². The molecule has 0 aliphatic rings. The van der Waals surface area contributed by atoms with Crippen LogP contribution < -0.4 is 5.73 Å². The fraction of sp³-hybridized carbons (Fsp3) is 0.0667. The summed E-state index contributed by atoms with van der Waals surface area (Å²) in [6.45, 7) is 0. The molecule has 0 fully saturated rings. The van der Waals surface area contributed by atoms with E-state index in [0.29, 0.717) is 16.8 Å². The number of carboxylic acids is 1. The van der Waals surface area contributed by atoms with Crippen molar-refractivity contribution < 1.29 is 19.4 Å². The monoisotopic (exact) mass is 273 g/mol. The predicted octanol–water partition coefficient (Wildman–Crippen LogP) is 2.44. The Morgan fingerprint density at radius 3 is 1.90 bits per heavy atom. The average Bonchev–Trinajstić information content (AvgIpc) is 2.49. The highest BCUT2D eigenvalue weighted by molar-refractivity contribution is 5.89. The molecular formula is C15H15NO4. The molecule has 5 nitrogen and oxygen atoms in total. The summed E-state index contributed by atoms with van der Waals surface area (Å²) in [7, 11) is 1.35. The summed E-state index contributed by atoms with van der Waals surface area (Å²) < 4.78 is 4.50. The molecule has 2 rings (SSSR count). The summed E-state index contributed by atoms with van der Waals surface area (Å²) >= 11 is 0. The molecule has 0 atom stereocenters. The molecule has 20 heavy (non-hydrogen) atoms. The van der Waals surface area contributed by atoms with Crippen LogP contribution in [0.2, 0.25) is 0 Å². The third-order valence-corrected chi connectivity index (χ3v) is 2.35. The van der Waals surface area contributed by atoms with Crippen LogP contribution >= 0.6 is 0 Å². The van der Waals surface area contributed by atoms with Crippen LogP contribution in [0.15, 0.2) is 54.6 Å². The Labute approximate surface area is 116 Å². The molecule has 0 aromatic heterocycles. The maximum Gasteiger partial charge on any atom is 0.337 e. The minimum Gasteiger partial charge on any atom is -0.478 e. The number of hydrogen-bond acceptors (Lipinski definition) is 4. The zero-order chi connectivity index (χ0) is 15.0. The van der Waals surface area contributed by atoms with E-state index in [-0.39, 0.29) is 5.97 Å². The maximum absolute atomic E-state index is 10.9. The van der Waals surface area contributed by atoms with E-state index in [9.17, 15) is 9.59 Å². The van der Waals surface area contributed by atoms with Crippen LogP contribution in [-0.2, 0) is 4.74 Å². The lowest BCUT2D eigenvalue weighted by atomic mass is 10.2. The van der Waals surface area contributed by atoms with Gasteiger partial charge in [0.1, 0.15) is 0 Å². The molecule has 0 saturated heterocycles. The minimum atomic E-state index is -0.879. The van der Waals surface area contributed by atoms with Gasteiger partial charge in [0.25, 0.3) is 0 Å². The lowest BCUT2D eigenvalue weighted by Gasteiger charge is -1.97. The Morgan fingerprint density at radius 1 is 0.950 bits per heavy atom. The van der Waals surface area contributed by atoms with E-state index in [0.717, 1.165) is 0 Å². The molecule has 0 saturated carbocycles. The van der Waals surface area contributed by atoms with Crippen molar-refractivity contribution >= 4 is 17.6 Å². The van der Waals surface area contributed by atoms with E-state index in [4.69, 9.17) is 10.8 Å². The summed E-state index contributed by atoms with van der Waals surface area (Å²) in [5.74, 6) is -1.22. The molecule has 5 heteroatoms. The fourth-order valence-corrected chi connectivity index (χ4v) is 1.32. The van der Waals surface area contributed by atoms with Gasteiger partial charge < -0.3 is 15.6 Å². The molecule has 0 bridgehead atoms. The van der Waals surface area contributed by atoms with Crippen molar-refractivity contribution in [1.29, 1.82) is 0 Å². The number of aromatic carboxylic acids is 1. The van der Waals surface area contributed by atoms with E-state index < -0.39 is 5.97 Å². The summed E-state index contributed by atoms with van der Waals surface area (Å²) in [5, 5.41) is 8.38. The van der Waals surface area contributed by atoms with Gasteiger partial charge in [-0.05, 0) is 36.4 Å². The number of carbonyl (C=O) groups excluding carboxylic acids is 1. The normalized spacial score (nSPS) is 9.05. The number of methoxy groups -OCH3 is 1. The van der Waals surface area contributed by atoms with Gasteiger partial charge in [0.2, 0.25) is 0 Å². The lowest BCUT2D eigenvalue weighted by molar-refractivity contribution is 0.0600. The van der Waals surface area contributed by atoms with Gasteiger partial charge in [-0.15, -0.1) is 0 Å². The van der Waals surface area contributed by atoms with Crippen LogP contribution in [0.25, 0.3) is 0 Å². The SMILES string of the molecule is COC(=O)c1ccc(N)cc1.O=C(O)c1ccccc1. The highest BCUT2D eigenvalue weighted by atomic mass is 16.5. The number of carboxylic acid groups (broad SMARTS) is 1. The van der Waals surface area contributed by atoms with Crippen LogP contribution in [0.1, 0.15) is 20.7 Å². The van der Waals surface area contributed by atoms with Gasteiger partial charge in [0.15, 0.2) is 0 Å². The maximum atomic E-state index is 10.9. The van der Waals surface area contributed by atoms with Crippen molar-refractivity contribution in [3.05, 3.63) is 65.7 Å². The molecule has 0 radical (unpaired) electrons. The van der Waals surface area contributed by atoms with E-state index in [1.165, 1.54) is 7.11 Å². The third kappa shape index (κ3) is 4.81. The number of carbonyl (C=O) groups is 2. The first-order valence-electron chi connectivity index (χ1n) is 5.76. The van der Waals surface area contributed by atoms with Crippen molar-refractivity contribution in [3.8, 4) is 0 Å². The van der Waals surface area contributed by atoms with Crippen molar-refractivity contribution in [1.82, 2.24) is 0 Å². The van der Waals surface area contributed by atoms with Crippen LogP contribution in [-0.4, -0.2) is 24.2 Å². The molecule has 0 heterocycles. The van der Waals surface area contributed by atoms with Gasteiger partial charge >= 0.3 is 11.9 Å². The zero-order valence-corrected chi connectivity index (χ0v) is 10.9. The Kier molecular flexibility index (Phi) is 5.77. The lowest BCUT2D eigenvalue weighted by Crippen LogP contribution is -2.00. The Balaban J connectivity index is 0.000000204. The Morgan fingerprint density at radius 2 is 1.50 bits per heavy atom. The van der Waals surface area contributed by atoms with Gasteiger partial charge in [-0.1, -0.05) is 18.2 Å². The first-order valence-corrected chi connectivity index (χ1v) is 5.76. The third-order valence-electron chi connectivity index (χ3n) is 2.35. The number of benzene rings is 2. The molecule has 2 aromatic carbocycles. The number of rotatable bonds is 2. The standard InChI is InChI=1S/C8H9NO2.C7H6O2/c1-11-8(10)6-2-4-7(9)5-3-6;8-7(9)6-4-2-1-3-5-6/h2-5H,9H2,1H3;1-5H,(H,8,9). The molecule has 3 N–H and O–H groups in total.